The fourth-order valence-electron chi connectivity index (χ4n) is 2.45. The molecular weight excluding hydrogens is 336 g/mol. The van der Waals surface area contributed by atoms with Crippen molar-refractivity contribution in [1.82, 2.24) is 15.6 Å². The van der Waals surface area contributed by atoms with Crippen LogP contribution >= 0.6 is 12.2 Å². The first-order valence-corrected chi connectivity index (χ1v) is 8.43. The maximum atomic E-state index is 5.49. The molecule has 1 aliphatic rings. The maximum Gasteiger partial charge on any atom is 0.166 e. The third-order valence-corrected chi connectivity index (χ3v) is 4.11. The zero-order valence-electron chi connectivity index (χ0n) is 13.9. The van der Waals surface area contributed by atoms with Gasteiger partial charge in [0.1, 0.15) is 11.9 Å². The zero-order chi connectivity index (χ0) is 17.5. The molecule has 0 radical (unpaired) electrons. The first kappa shape index (κ1) is 17.2. The molecule has 6 nitrogen and oxygen atoms in total. The van der Waals surface area contributed by atoms with Crippen LogP contribution in [0.1, 0.15) is 17.5 Å². The predicted molar refractivity (Wildman–Crippen MR) is 101 cm³/mol. The monoisotopic (exact) mass is 356 g/mol. The molecule has 2 N–H and O–H groups in total. The number of rotatable bonds is 6. The van der Waals surface area contributed by atoms with Crippen LogP contribution in [0, 0.1) is 0 Å². The number of nitrogens with zero attached hydrogens (tertiary/aromatic N) is 2. The van der Waals surface area contributed by atoms with Crippen LogP contribution in [0.4, 0.5) is 0 Å². The van der Waals surface area contributed by atoms with Gasteiger partial charge in [-0.1, -0.05) is 11.2 Å². The van der Waals surface area contributed by atoms with Crippen LogP contribution in [-0.4, -0.2) is 35.6 Å². The van der Waals surface area contributed by atoms with E-state index in [0.717, 1.165) is 29.0 Å². The summed E-state index contributed by atoms with van der Waals surface area (Å²) in [5.41, 5.74) is 3.05. The molecule has 0 aliphatic carbocycles. The van der Waals surface area contributed by atoms with Crippen LogP contribution in [0.2, 0.25) is 0 Å². The second kappa shape index (κ2) is 8.43. The van der Waals surface area contributed by atoms with Crippen molar-refractivity contribution in [2.45, 2.75) is 19.1 Å². The molecule has 25 heavy (non-hydrogen) atoms. The second-order valence-electron chi connectivity index (χ2n) is 5.62. The summed E-state index contributed by atoms with van der Waals surface area (Å²) in [6, 6.07) is 11.7. The van der Waals surface area contributed by atoms with Gasteiger partial charge in [-0.2, -0.15) is 0 Å². The van der Waals surface area contributed by atoms with Gasteiger partial charge in [0, 0.05) is 25.4 Å². The van der Waals surface area contributed by atoms with Gasteiger partial charge in [0.15, 0.2) is 5.11 Å². The van der Waals surface area contributed by atoms with Gasteiger partial charge in [0.25, 0.3) is 0 Å². The lowest BCUT2D eigenvalue weighted by molar-refractivity contribution is 0.0885. The van der Waals surface area contributed by atoms with E-state index in [1.54, 1.807) is 13.3 Å². The Bertz CT molecular complexity index is 735. The molecule has 1 atom stereocenters. The van der Waals surface area contributed by atoms with Crippen LogP contribution in [0.5, 0.6) is 5.75 Å². The van der Waals surface area contributed by atoms with Crippen molar-refractivity contribution in [1.29, 1.82) is 0 Å². The highest BCUT2D eigenvalue weighted by Gasteiger charge is 2.22. The molecule has 2 heterocycles. The number of hydrogen-bond acceptors (Lipinski definition) is 5. The SMILES string of the molecule is COc1ccc(C2=NO[C@H](CNC(=S)NCc3cccnc3)C2)cc1. The van der Waals surface area contributed by atoms with E-state index < -0.39 is 0 Å². The van der Waals surface area contributed by atoms with Gasteiger partial charge in [0.05, 0.1) is 19.4 Å². The Morgan fingerprint density at radius 2 is 2.12 bits per heavy atom. The summed E-state index contributed by atoms with van der Waals surface area (Å²) in [6.45, 7) is 1.24. The van der Waals surface area contributed by atoms with Crippen molar-refractivity contribution < 1.29 is 9.57 Å². The molecule has 0 fully saturated rings. The van der Waals surface area contributed by atoms with Crippen molar-refractivity contribution in [3.05, 3.63) is 59.9 Å². The Balaban J connectivity index is 1.40. The van der Waals surface area contributed by atoms with Crippen molar-refractivity contribution in [2.24, 2.45) is 5.16 Å². The smallest absolute Gasteiger partial charge is 0.166 e. The number of nitrogens with one attached hydrogen (secondary N) is 2. The first-order valence-electron chi connectivity index (χ1n) is 8.02. The molecule has 1 aliphatic heterocycles. The van der Waals surface area contributed by atoms with E-state index in [2.05, 4.69) is 20.8 Å². The molecule has 0 spiro atoms. The average Bonchev–Trinajstić information content (AvgIpc) is 3.14. The molecule has 1 aromatic heterocycles. The number of pyridine rings is 1. The molecule has 2 aromatic rings. The number of hydrogen-bond donors (Lipinski definition) is 2. The number of oxime groups is 1. The molecule has 130 valence electrons. The van der Waals surface area contributed by atoms with Crippen LogP contribution < -0.4 is 15.4 Å². The predicted octanol–water partition coefficient (Wildman–Crippen LogP) is 2.25. The lowest BCUT2D eigenvalue weighted by Gasteiger charge is -2.13. The summed E-state index contributed by atoms with van der Waals surface area (Å²) in [4.78, 5) is 9.56. The molecule has 3 rings (SSSR count). The lowest BCUT2D eigenvalue weighted by Crippen LogP contribution is -2.39. The molecule has 0 bridgehead atoms. The van der Waals surface area contributed by atoms with Crippen LogP contribution in [0.3, 0.4) is 0 Å². The van der Waals surface area contributed by atoms with E-state index in [9.17, 15) is 0 Å². The molecule has 0 amide bonds. The molecule has 0 saturated heterocycles. The fourth-order valence-corrected chi connectivity index (χ4v) is 2.60. The summed E-state index contributed by atoms with van der Waals surface area (Å²) < 4.78 is 5.17. The highest BCUT2D eigenvalue weighted by atomic mass is 32.1. The number of aromatic nitrogens is 1. The van der Waals surface area contributed by atoms with E-state index in [1.165, 1.54) is 0 Å². The largest absolute Gasteiger partial charge is 0.497 e. The minimum absolute atomic E-state index is 0.0322. The van der Waals surface area contributed by atoms with E-state index >= 15 is 0 Å². The van der Waals surface area contributed by atoms with Gasteiger partial charge in [-0.05, 0) is 53.7 Å². The Kier molecular flexibility index (Phi) is 5.79. The van der Waals surface area contributed by atoms with Crippen LogP contribution in [0.25, 0.3) is 0 Å². The third-order valence-electron chi connectivity index (χ3n) is 3.82. The molecule has 1 aromatic carbocycles. The minimum atomic E-state index is -0.0322. The number of thiocarbonyl (C=S) groups is 1. The molecule has 0 saturated carbocycles. The van der Waals surface area contributed by atoms with E-state index in [4.69, 9.17) is 21.8 Å². The van der Waals surface area contributed by atoms with E-state index in [1.807, 2.05) is 42.6 Å². The van der Waals surface area contributed by atoms with E-state index in [-0.39, 0.29) is 6.10 Å². The highest BCUT2D eigenvalue weighted by molar-refractivity contribution is 7.80. The lowest BCUT2D eigenvalue weighted by atomic mass is 10.0. The molecular formula is C18H20N4O2S. The van der Waals surface area contributed by atoms with Gasteiger partial charge in [-0.25, -0.2) is 0 Å². The average molecular weight is 356 g/mol. The van der Waals surface area contributed by atoms with Gasteiger partial charge in [-0.15, -0.1) is 0 Å². The Morgan fingerprint density at radius 3 is 2.84 bits per heavy atom. The third kappa shape index (κ3) is 4.90. The highest BCUT2D eigenvalue weighted by Crippen LogP contribution is 2.18. The Hall–Kier alpha value is -2.67. The van der Waals surface area contributed by atoms with Gasteiger partial charge in [0.2, 0.25) is 0 Å². The molecule has 0 unspecified atom stereocenters. The van der Waals surface area contributed by atoms with Crippen molar-refractivity contribution in [3.8, 4) is 5.75 Å². The zero-order valence-corrected chi connectivity index (χ0v) is 14.8. The summed E-state index contributed by atoms with van der Waals surface area (Å²) >= 11 is 5.29. The summed E-state index contributed by atoms with van der Waals surface area (Å²) in [5, 5.41) is 11.1. The number of ether oxygens (including phenoxy) is 1. The summed E-state index contributed by atoms with van der Waals surface area (Å²) in [7, 11) is 1.65. The maximum absolute atomic E-state index is 5.49. The standard InChI is InChI=1S/C18H20N4O2S/c1-23-15-6-4-14(5-7-15)17-9-16(24-22-17)12-21-18(25)20-11-13-3-2-8-19-10-13/h2-8,10,16H,9,11-12H2,1H3,(H2,20,21,25)/t16-/m0/s1. The minimum Gasteiger partial charge on any atom is -0.497 e. The van der Waals surface area contributed by atoms with Crippen molar-refractivity contribution in [2.75, 3.05) is 13.7 Å². The van der Waals surface area contributed by atoms with Crippen molar-refractivity contribution >= 4 is 23.0 Å². The Labute approximate surface area is 152 Å². The second-order valence-corrected chi connectivity index (χ2v) is 6.03. The topological polar surface area (TPSA) is 67.8 Å². The summed E-state index contributed by atoms with van der Waals surface area (Å²) in [6.07, 6.45) is 4.27. The first-order chi connectivity index (χ1) is 12.2. The number of methoxy groups -OCH3 is 1. The van der Waals surface area contributed by atoms with Crippen LogP contribution in [0.15, 0.2) is 53.9 Å². The van der Waals surface area contributed by atoms with Crippen LogP contribution in [-0.2, 0) is 11.4 Å². The van der Waals surface area contributed by atoms with Gasteiger partial charge < -0.3 is 20.2 Å². The van der Waals surface area contributed by atoms with Gasteiger partial charge >= 0.3 is 0 Å². The molecule has 7 heteroatoms. The normalized spacial score (nSPS) is 15.9. The fraction of sp³-hybridized carbons (Fsp3) is 0.278. The number of benzene rings is 1. The summed E-state index contributed by atoms with van der Waals surface area (Å²) in [5.74, 6) is 0.825. The Morgan fingerprint density at radius 1 is 1.28 bits per heavy atom. The quantitative estimate of drug-likeness (QED) is 0.774. The van der Waals surface area contributed by atoms with E-state index in [0.29, 0.717) is 18.2 Å². The van der Waals surface area contributed by atoms with Gasteiger partial charge in [-0.3, -0.25) is 4.98 Å². The van der Waals surface area contributed by atoms with Crippen molar-refractivity contribution in [3.63, 3.8) is 0 Å².